The summed E-state index contributed by atoms with van der Waals surface area (Å²) in [7, 11) is 0. The highest BCUT2D eigenvalue weighted by atomic mass is 79.9. The molecule has 0 aliphatic carbocycles. The lowest BCUT2D eigenvalue weighted by Gasteiger charge is -1.94. The molecular weight excluding hydrogens is 216 g/mol. The van der Waals surface area contributed by atoms with Crippen LogP contribution in [0.4, 0.5) is 0 Å². The van der Waals surface area contributed by atoms with Crippen LogP contribution in [0.15, 0.2) is 0 Å². The van der Waals surface area contributed by atoms with Gasteiger partial charge in [-0.3, -0.25) is 9.59 Å². The first-order valence-corrected chi connectivity index (χ1v) is 3.84. The third-order valence-electron chi connectivity index (χ3n) is 1.11. The second-order valence-corrected chi connectivity index (χ2v) is 2.37. The number of unbranched alkanes of at least 4 members (excludes halogenated alkanes) is 1. The smallest absolute Gasteiger partial charge is 0.317 e. The highest BCUT2D eigenvalue weighted by Gasteiger charge is 2.01. The Morgan fingerprint density at radius 3 is 2.27 bits per heavy atom. The molecule has 11 heavy (non-hydrogen) atoms. The van der Waals surface area contributed by atoms with Crippen molar-refractivity contribution >= 4 is 28.2 Å². The summed E-state index contributed by atoms with van der Waals surface area (Å²) < 4.78 is 4.18. The van der Waals surface area contributed by atoms with Crippen LogP contribution in [0, 0.1) is 0 Å². The Morgan fingerprint density at radius 2 is 1.82 bits per heavy atom. The average molecular weight is 225 g/mol. The normalized spacial score (nSPS) is 9.18. The van der Waals surface area contributed by atoms with E-state index < -0.39 is 5.97 Å². The van der Waals surface area contributed by atoms with E-state index in [0.29, 0.717) is 12.8 Å². The van der Waals surface area contributed by atoms with Gasteiger partial charge < -0.3 is 8.93 Å². The lowest BCUT2D eigenvalue weighted by Crippen LogP contribution is -1.98. The van der Waals surface area contributed by atoms with Gasteiger partial charge in [0.25, 0.3) is 0 Å². The fourth-order valence-corrected chi connectivity index (χ4v) is 0.746. The van der Waals surface area contributed by atoms with Gasteiger partial charge in [-0.2, -0.15) is 0 Å². The van der Waals surface area contributed by atoms with Crippen LogP contribution in [0.2, 0.25) is 0 Å². The van der Waals surface area contributed by atoms with Gasteiger partial charge in [0, 0.05) is 12.8 Å². The molecule has 5 heteroatoms. The number of carbonyl (C=O) groups excluding carboxylic acids is 1. The summed E-state index contributed by atoms with van der Waals surface area (Å²) in [5.74, 6) is -1.20. The average Bonchev–Trinajstić information content (AvgIpc) is 1.97. The van der Waals surface area contributed by atoms with Crippen LogP contribution in [-0.4, -0.2) is 17.0 Å². The predicted octanol–water partition coefficient (Wildman–Crippen LogP) is 1.48. The molecule has 0 aliphatic heterocycles. The van der Waals surface area contributed by atoms with E-state index in [4.69, 9.17) is 5.11 Å². The van der Waals surface area contributed by atoms with E-state index in [9.17, 15) is 9.59 Å². The Kier molecular flexibility index (Phi) is 5.83. The van der Waals surface area contributed by atoms with Crippen molar-refractivity contribution in [3.63, 3.8) is 0 Å². The number of carboxylic acids is 1. The molecular formula is C6H9BrO4. The molecule has 0 bridgehead atoms. The van der Waals surface area contributed by atoms with Crippen molar-refractivity contribution in [1.29, 1.82) is 0 Å². The van der Waals surface area contributed by atoms with Gasteiger partial charge in [-0.1, -0.05) is 0 Å². The van der Waals surface area contributed by atoms with Crippen molar-refractivity contribution in [3.8, 4) is 0 Å². The maximum absolute atomic E-state index is 10.4. The second kappa shape index (κ2) is 6.15. The molecule has 64 valence electrons. The van der Waals surface area contributed by atoms with Crippen molar-refractivity contribution in [3.05, 3.63) is 0 Å². The number of hydrogen-bond donors (Lipinski definition) is 1. The minimum absolute atomic E-state index is 0.107. The molecule has 0 amide bonds. The van der Waals surface area contributed by atoms with Crippen molar-refractivity contribution in [2.45, 2.75) is 25.7 Å². The first kappa shape index (κ1) is 10.4. The van der Waals surface area contributed by atoms with Gasteiger partial charge >= 0.3 is 11.9 Å². The summed E-state index contributed by atoms with van der Waals surface area (Å²) in [6.07, 6.45) is 1.43. The standard InChI is InChI=1S/C6H9BrO4/c7-11-6(10)4-2-1-3-5(8)9/h1-4H2,(H,8,9). The Bertz CT molecular complexity index is 146. The van der Waals surface area contributed by atoms with Crippen LogP contribution in [-0.2, 0) is 13.4 Å². The summed E-state index contributed by atoms with van der Waals surface area (Å²) in [4.78, 5) is 20.4. The van der Waals surface area contributed by atoms with Gasteiger partial charge in [0.15, 0.2) is 16.3 Å². The number of hydrogen-bond acceptors (Lipinski definition) is 3. The highest BCUT2D eigenvalue weighted by Crippen LogP contribution is 2.02. The Hall–Kier alpha value is -0.580. The Labute approximate surface area is 73.0 Å². The minimum atomic E-state index is -0.836. The van der Waals surface area contributed by atoms with E-state index >= 15 is 0 Å². The van der Waals surface area contributed by atoms with E-state index in [0.717, 1.165) is 0 Å². The molecule has 0 radical (unpaired) electrons. The summed E-state index contributed by atoms with van der Waals surface area (Å²) in [5, 5.41) is 8.21. The van der Waals surface area contributed by atoms with Crippen LogP contribution in [0.1, 0.15) is 25.7 Å². The van der Waals surface area contributed by atoms with E-state index in [2.05, 4.69) is 20.1 Å². The predicted molar refractivity (Wildman–Crippen MR) is 41.1 cm³/mol. The molecule has 0 aromatic carbocycles. The monoisotopic (exact) mass is 224 g/mol. The van der Waals surface area contributed by atoms with Gasteiger partial charge in [-0.05, 0) is 12.8 Å². The van der Waals surface area contributed by atoms with E-state index in [-0.39, 0.29) is 18.8 Å². The van der Waals surface area contributed by atoms with E-state index in [1.54, 1.807) is 0 Å². The Balaban J connectivity index is 3.14. The number of halogens is 1. The molecule has 4 nitrogen and oxygen atoms in total. The molecule has 1 N–H and O–H groups in total. The molecule has 0 heterocycles. The van der Waals surface area contributed by atoms with Crippen LogP contribution in [0.5, 0.6) is 0 Å². The fourth-order valence-electron chi connectivity index (χ4n) is 0.584. The topological polar surface area (TPSA) is 63.6 Å². The lowest BCUT2D eigenvalue weighted by atomic mass is 10.2. The SMILES string of the molecule is O=C(O)CCCCC(=O)OBr. The fraction of sp³-hybridized carbons (Fsp3) is 0.667. The third-order valence-corrected chi connectivity index (χ3v) is 1.47. The molecule has 0 aromatic rings. The molecule has 0 atom stereocenters. The number of carboxylic acid groups (broad SMARTS) is 1. The highest BCUT2D eigenvalue weighted by molar-refractivity contribution is 9.06. The van der Waals surface area contributed by atoms with Crippen molar-refractivity contribution in [1.82, 2.24) is 0 Å². The summed E-state index contributed by atoms with van der Waals surface area (Å²) in [6, 6.07) is 0. The summed E-state index contributed by atoms with van der Waals surface area (Å²) in [5.41, 5.74) is 0. The molecule has 0 spiro atoms. The third kappa shape index (κ3) is 7.32. The van der Waals surface area contributed by atoms with E-state index in [1.165, 1.54) is 0 Å². The molecule has 0 rings (SSSR count). The van der Waals surface area contributed by atoms with Crippen LogP contribution < -0.4 is 0 Å². The lowest BCUT2D eigenvalue weighted by molar-refractivity contribution is -0.137. The molecule has 0 aliphatic rings. The minimum Gasteiger partial charge on any atom is -0.481 e. The first-order valence-electron chi connectivity index (χ1n) is 3.20. The summed E-state index contributed by atoms with van der Waals surface area (Å²) >= 11 is 2.53. The molecule has 0 aromatic heterocycles. The van der Waals surface area contributed by atoms with Crippen LogP contribution >= 0.6 is 16.3 Å². The van der Waals surface area contributed by atoms with Gasteiger partial charge in [0.1, 0.15) is 0 Å². The number of rotatable bonds is 5. The van der Waals surface area contributed by atoms with Gasteiger partial charge in [-0.25, -0.2) is 0 Å². The number of carbonyl (C=O) groups is 2. The van der Waals surface area contributed by atoms with Crippen molar-refractivity contribution < 1.29 is 18.5 Å². The van der Waals surface area contributed by atoms with Crippen molar-refractivity contribution in [2.75, 3.05) is 0 Å². The van der Waals surface area contributed by atoms with Crippen LogP contribution in [0.3, 0.4) is 0 Å². The zero-order valence-electron chi connectivity index (χ0n) is 5.88. The van der Waals surface area contributed by atoms with Gasteiger partial charge in [0.05, 0.1) is 0 Å². The summed E-state index contributed by atoms with van der Waals surface area (Å²) in [6.45, 7) is 0. The molecule has 0 saturated carbocycles. The molecule has 0 fully saturated rings. The molecule has 0 unspecified atom stereocenters. The van der Waals surface area contributed by atoms with E-state index in [1.807, 2.05) is 0 Å². The Morgan fingerprint density at radius 1 is 1.27 bits per heavy atom. The maximum Gasteiger partial charge on any atom is 0.317 e. The largest absolute Gasteiger partial charge is 0.481 e. The van der Waals surface area contributed by atoms with Crippen molar-refractivity contribution in [2.24, 2.45) is 0 Å². The second-order valence-electron chi connectivity index (χ2n) is 2.05. The quantitative estimate of drug-likeness (QED) is 0.719. The van der Waals surface area contributed by atoms with Gasteiger partial charge in [0.2, 0.25) is 0 Å². The number of aliphatic carboxylic acids is 1. The molecule has 0 saturated heterocycles. The van der Waals surface area contributed by atoms with Crippen LogP contribution in [0.25, 0.3) is 0 Å². The zero-order valence-corrected chi connectivity index (χ0v) is 7.46. The van der Waals surface area contributed by atoms with Gasteiger partial charge in [-0.15, -0.1) is 0 Å². The first-order chi connectivity index (χ1) is 5.16. The zero-order chi connectivity index (χ0) is 8.69. The maximum atomic E-state index is 10.4.